The minimum absolute atomic E-state index is 0.821. The van der Waals surface area contributed by atoms with Crippen molar-refractivity contribution in [3.8, 4) is 17.0 Å². The van der Waals surface area contributed by atoms with Crippen LogP contribution in [0.3, 0.4) is 0 Å². The van der Waals surface area contributed by atoms with Gasteiger partial charge in [-0.05, 0) is 44.0 Å². The van der Waals surface area contributed by atoms with Crippen molar-refractivity contribution in [1.29, 1.82) is 0 Å². The third-order valence-corrected chi connectivity index (χ3v) is 3.95. The molecule has 1 aromatic carbocycles. The van der Waals surface area contributed by atoms with E-state index < -0.39 is 0 Å². The molecule has 0 aliphatic heterocycles. The molecule has 1 heterocycles. The highest BCUT2D eigenvalue weighted by Gasteiger charge is 2.12. The average molecular weight is 349 g/mol. The molecule has 0 saturated carbocycles. The van der Waals surface area contributed by atoms with Crippen molar-refractivity contribution in [3.05, 3.63) is 32.0 Å². The summed E-state index contributed by atoms with van der Waals surface area (Å²) in [5, 5.41) is 1.99. The van der Waals surface area contributed by atoms with Crippen molar-refractivity contribution in [1.82, 2.24) is 4.98 Å². The molecule has 0 spiro atoms. The first-order valence-electron chi connectivity index (χ1n) is 4.16. The Morgan fingerprint density at radius 2 is 2.13 bits per heavy atom. The fraction of sp³-hybridized carbons (Fsp3) is 0.100. The number of ether oxygens (including phenoxy) is 1. The van der Waals surface area contributed by atoms with Crippen LogP contribution in [-0.2, 0) is 0 Å². The van der Waals surface area contributed by atoms with E-state index in [1.165, 1.54) is 0 Å². The lowest BCUT2D eigenvalue weighted by molar-refractivity contribution is 0.416. The number of rotatable bonds is 2. The predicted molar refractivity (Wildman–Crippen MR) is 69.5 cm³/mol. The minimum Gasteiger partial charge on any atom is -0.496 e. The second-order valence-electron chi connectivity index (χ2n) is 2.80. The van der Waals surface area contributed by atoms with Gasteiger partial charge in [0, 0.05) is 9.85 Å². The van der Waals surface area contributed by atoms with Gasteiger partial charge in [-0.3, -0.25) is 0 Å². The number of thiazole rings is 1. The van der Waals surface area contributed by atoms with Crippen LogP contribution < -0.4 is 4.74 Å². The van der Waals surface area contributed by atoms with E-state index in [0.717, 1.165) is 25.4 Å². The Kier molecular flexibility index (Phi) is 3.43. The van der Waals surface area contributed by atoms with Crippen LogP contribution in [-0.4, -0.2) is 12.1 Å². The van der Waals surface area contributed by atoms with Crippen LogP contribution in [0.5, 0.6) is 5.75 Å². The van der Waals surface area contributed by atoms with Crippen molar-refractivity contribution in [2.24, 2.45) is 0 Å². The van der Waals surface area contributed by atoms with Crippen LogP contribution in [0.2, 0.25) is 0 Å². The van der Waals surface area contributed by atoms with Crippen LogP contribution in [0.25, 0.3) is 11.3 Å². The number of nitrogens with zero attached hydrogens (tertiary/aromatic N) is 1. The average Bonchev–Trinajstić information content (AvgIpc) is 2.64. The molecule has 0 atom stereocenters. The summed E-state index contributed by atoms with van der Waals surface area (Å²) in [4.78, 5) is 4.38. The molecule has 0 amide bonds. The Bertz CT molecular complexity index is 484. The van der Waals surface area contributed by atoms with Crippen LogP contribution >= 0.6 is 43.2 Å². The van der Waals surface area contributed by atoms with E-state index >= 15 is 0 Å². The Morgan fingerprint density at radius 1 is 1.33 bits per heavy atom. The summed E-state index contributed by atoms with van der Waals surface area (Å²) < 4.78 is 7.17. The summed E-state index contributed by atoms with van der Waals surface area (Å²) in [6, 6.07) is 5.84. The molecule has 2 aromatic rings. The number of methoxy groups -OCH3 is 1. The van der Waals surface area contributed by atoms with Gasteiger partial charge in [0.1, 0.15) is 5.75 Å². The summed E-state index contributed by atoms with van der Waals surface area (Å²) in [5.41, 5.74) is 1.90. The quantitative estimate of drug-likeness (QED) is 0.805. The monoisotopic (exact) mass is 347 g/mol. The molecule has 5 heteroatoms. The molecule has 0 aliphatic carbocycles. The minimum atomic E-state index is 0.821. The van der Waals surface area contributed by atoms with Crippen molar-refractivity contribution in [2.75, 3.05) is 7.11 Å². The molecule has 15 heavy (non-hydrogen) atoms. The normalized spacial score (nSPS) is 10.3. The van der Waals surface area contributed by atoms with Crippen molar-refractivity contribution in [2.45, 2.75) is 0 Å². The predicted octanol–water partition coefficient (Wildman–Crippen LogP) is 4.34. The van der Waals surface area contributed by atoms with E-state index in [-0.39, 0.29) is 0 Å². The van der Waals surface area contributed by atoms with Gasteiger partial charge >= 0.3 is 0 Å². The molecule has 0 saturated heterocycles. The first-order chi connectivity index (χ1) is 7.22. The van der Waals surface area contributed by atoms with Crippen molar-refractivity contribution >= 4 is 43.2 Å². The molecule has 78 valence electrons. The van der Waals surface area contributed by atoms with Gasteiger partial charge in [-0.1, -0.05) is 6.07 Å². The van der Waals surface area contributed by atoms with E-state index in [1.807, 2.05) is 23.6 Å². The zero-order valence-electron chi connectivity index (χ0n) is 7.83. The zero-order valence-corrected chi connectivity index (χ0v) is 11.8. The van der Waals surface area contributed by atoms with Gasteiger partial charge in [0.25, 0.3) is 0 Å². The first-order valence-corrected chi connectivity index (χ1v) is 6.63. The number of hydrogen-bond donors (Lipinski definition) is 0. The van der Waals surface area contributed by atoms with Gasteiger partial charge in [-0.25, -0.2) is 4.98 Å². The van der Waals surface area contributed by atoms with E-state index in [9.17, 15) is 0 Å². The highest BCUT2D eigenvalue weighted by atomic mass is 79.9. The molecule has 1 aromatic heterocycles. The van der Waals surface area contributed by atoms with Crippen LogP contribution in [0, 0.1) is 0 Å². The maximum atomic E-state index is 5.31. The van der Waals surface area contributed by atoms with Gasteiger partial charge in [-0.2, -0.15) is 0 Å². The molecule has 2 rings (SSSR count). The molecule has 0 fully saturated rings. The zero-order chi connectivity index (χ0) is 10.8. The highest BCUT2D eigenvalue weighted by molar-refractivity contribution is 9.11. The molecular weight excluding hydrogens is 342 g/mol. The van der Waals surface area contributed by atoms with Gasteiger partial charge in [0.2, 0.25) is 0 Å². The summed E-state index contributed by atoms with van der Waals surface area (Å²) in [6.07, 6.45) is 0. The van der Waals surface area contributed by atoms with Gasteiger partial charge in [0.15, 0.2) is 3.92 Å². The summed E-state index contributed by atoms with van der Waals surface area (Å²) >= 11 is 8.41. The van der Waals surface area contributed by atoms with Gasteiger partial charge < -0.3 is 4.74 Å². The number of halogens is 2. The number of benzene rings is 1. The lowest BCUT2D eigenvalue weighted by Crippen LogP contribution is -1.88. The maximum absolute atomic E-state index is 5.31. The standard InChI is InChI=1S/C10H7Br2NOS/c1-14-8-4-2-3-6(11)9(8)7-5-15-10(12)13-7/h2-5H,1H3. The Hall–Kier alpha value is -0.390. The molecular formula is C10H7Br2NOS. The van der Waals surface area contributed by atoms with Gasteiger partial charge in [0.05, 0.1) is 18.4 Å². The van der Waals surface area contributed by atoms with E-state index in [0.29, 0.717) is 0 Å². The molecule has 0 unspecified atom stereocenters. The first kappa shape index (κ1) is 11.1. The third-order valence-electron chi connectivity index (χ3n) is 1.93. The molecule has 0 aliphatic rings. The SMILES string of the molecule is COc1cccc(Br)c1-c1csc(Br)n1. The van der Waals surface area contributed by atoms with Crippen molar-refractivity contribution in [3.63, 3.8) is 0 Å². The van der Waals surface area contributed by atoms with E-state index in [4.69, 9.17) is 4.74 Å². The van der Waals surface area contributed by atoms with Crippen LogP contribution in [0.15, 0.2) is 32.0 Å². The summed E-state index contributed by atoms with van der Waals surface area (Å²) in [5.74, 6) is 0.821. The van der Waals surface area contributed by atoms with E-state index in [1.54, 1.807) is 18.4 Å². The third kappa shape index (κ3) is 2.24. The smallest absolute Gasteiger partial charge is 0.159 e. The topological polar surface area (TPSA) is 22.1 Å². The summed E-state index contributed by atoms with van der Waals surface area (Å²) in [6.45, 7) is 0. The molecule has 0 N–H and O–H groups in total. The Labute approximate surface area is 109 Å². The second kappa shape index (κ2) is 4.63. The largest absolute Gasteiger partial charge is 0.496 e. The number of aromatic nitrogens is 1. The van der Waals surface area contributed by atoms with Gasteiger partial charge in [-0.15, -0.1) is 11.3 Å². The maximum Gasteiger partial charge on any atom is 0.159 e. The van der Waals surface area contributed by atoms with Crippen LogP contribution in [0.4, 0.5) is 0 Å². The fourth-order valence-electron chi connectivity index (χ4n) is 1.29. The number of hydrogen-bond acceptors (Lipinski definition) is 3. The summed E-state index contributed by atoms with van der Waals surface area (Å²) in [7, 11) is 1.66. The Balaban J connectivity index is 2.60. The van der Waals surface area contributed by atoms with Crippen molar-refractivity contribution < 1.29 is 4.74 Å². The molecule has 0 bridgehead atoms. The molecule has 0 radical (unpaired) electrons. The molecule has 2 nitrogen and oxygen atoms in total. The highest BCUT2D eigenvalue weighted by Crippen LogP contribution is 2.37. The lowest BCUT2D eigenvalue weighted by Gasteiger charge is -2.07. The second-order valence-corrected chi connectivity index (χ2v) is 5.79. The fourth-order valence-corrected chi connectivity index (χ4v) is 2.84. The Morgan fingerprint density at radius 3 is 2.73 bits per heavy atom. The lowest BCUT2D eigenvalue weighted by atomic mass is 10.1. The van der Waals surface area contributed by atoms with Crippen LogP contribution in [0.1, 0.15) is 0 Å². The van der Waals surface area contributed by atoms with E-state index in [2.05, 4.69) is 36.8 Å².